The maximum Gasteiger partial charge on any atom is 0.312 e. The number of pyridine rings is 1. The number of carbonyl (C=O) groups excluding carboxylic acids is 1. The van der Waals surface area contributed by atoms with E-state index < -0.39 is 5.92 Å². The highest BCUT2D eigenvalue weighted by atomic mass is 16.5. The fourth-order valence-corrected chi connectivity index (χ4v) is 4.63. The average Bonchev–Trinajstić information content (AvgIpc) is 3.30. The highest BCUT2D eigenvalue weighted by Crippen LogP contribution is 2.40. The van der Waals surface area contributed by atoms with Gasteiger partial charge in [-0.15, -0.1) is 0 Å². The molecular formula is C27H27NO6. The third kappa shape index (κ3) is 4.02. The molecule has 0 radical (unpaired) electrons. The number of fused-ring (bicyclic) bond motifs is 2. The van der Waals surface area contributed by atoms with Crippen molar-refractivity contribution in [2.45, 2.75) is 32.1 Å². The van der Waals surface area contributed by atoms with Gasteiger partial charge in [-0.25, -0.2) is 0 Å². The number of aromatic nitrogens is 1. The Hall–Kier alpha value is -3.74. The summed E-state index contributed by atoms with van der Waals surface area (Å²) >= 11 is 0. The van der Waals surface area contributed by atoms with Gasteiger partial charge in [0.15, 0.2) is 11.5 Å². The monoisotopic (exact) mass is 461 g/mol. The Labute approximate surface area is 197 Å². The molecule has 3 aromatic rings. The van der Waals surface area contributed by atoms with Gasteiger partial charge in [-0.3, -0.25) is 9.59 Å². The van der Waals surface area contributed by atoms with Crippen molar-refractivity contribution >= 4 is 5.97 Å². The smallest absolute Gasteiger partial charge is 0.312 e. The zero-order chi connectivity index (χ0) is 23.8. The van der Waals surface area contributed by atoms with Crippen LogP contribution in [-0.4, -0.2) is 30.9 Å². The van der Waals surface area contributed by atoms with Crippen LogP contribution in [0.5, 0.6) is 23.0 Å². The third-order valence-electron chi connectivity index (χ3n) is 6.60. The van der Waals surface area contributed by atoms with E-state index in [-0.39, 0.29) is 17.9 Å². The van der Waals surface area contributed by atoms with Crippen molar-refractivity contribution in [3.05, 3.63) is 80.8 Å². The molecule has 2 aliphatic heterocycles. The second kappa shape index (κ2) is 8.89. The summed E-state index contributed by atoms with van der Waals surface area (Å²) in [5.74, 6) is 1.70. The van der Waals surface area contributed by atoms with Gasteiger partial charge in [0.2, 0.25) is 0 Å². The predicted octanol–water partition coefficient (Wildman–Crippen LogP) is 3.70. The van der Waals surface area contributed by atoms with Gasteiger partial charge in [0.25, 0.3) is 5.56 Å². The second-order valence-electron chi connectivity index (χ2n) is 8.71. The summed E-state index contributed by atoms with van der Waals surface area (Å²) in [6, 6.07) is 13.5. The summed E-state index contributed by atoms with van der Waals surface area (Å²) in [4.78, 5) is 25.4. The van der Waals surface area contributed by atoms with Gasteiger partial charge < -0.3 is 23.5 Å². The Morgan fingerprint density at radius 3 is 2.74 bits per heavy atom. The van der Waals surface area contributed by atoms with E-state index in [0.717, 1.165) is 36.5 Å². The van der Waals surface area contributed by atoms with E-state index in [0.29, 0.717) is 29.4 Å². The van der Waals surface area contributed by atoms with Crippen LogP contribution in [0, 0.1) is 6.92 Å². The predicted molar refractivity (Wildman–Crippen MR) is 126 cm³/mol. The minimum Gasteiger partial charge on any atom is -0.493 e. The van der Waals surface area contributed by atoms with E-state index in [1.165, 1.54) is 11.1 Å². The number of hydrogen-bond donors (Lipinski definition) is 0. The van der Waals surface area contributed by atoms with Crippen molar-refractivity contribution in [3.63, 3.8) is 0 Å². The van der Waals surface area contributed by atoms with Gasteiger partial charge >= 0.3 is 5.97 Å². The molecule has 2 aliphatic rings. The van der Waals surface area contributed by atoms with Crippen molar-refractivity contribution in [2.75, 3.05) is 20.3 Å². The molecule has 5 rings (SSSR count). The normalized spacial score (nSPS) is 16.3. The highest BCUT2D eigenvalue weighted by molar-refractivity contribution is 5.77. The van der Waals surface area contributed by atoms with Gasteiger partial charge in [-0.1, -0.05) is 18.2 Å². The van der Waals surface area contributed by atoms with Crippen LogP contribution >= 0.6 is 0 Å². The fourth-order valence-electron chi connectivity index (χ4n) is 4.63. The molecule has 0 spiro atoms. The first-order chi connectivity index (χ1) is 16.4. The summed E-state index contributed by atoms with van der Waals surface area (Å²) in [6.07, 6.45) is 1.76. The van der Waals surface area contributed by atoms with Crippen LogP contribution < -0.4 is 24.5 Å². The van der Waals surface area contributed by atoms with E-state index in [1.807, 2.05) is 31.2 Å². The maximum absolute atomic E-state index is 13.0. The minimum absolute atomic E-state index is 0.0915. The molecule has 0 bridgehead atoms. The topological polar surface area (TPSA) is 76.0 Å². The number of hydrogen-bond acceptors (Lipinski definition) is 6. The number of aryl methyl sites for hydroxylation is 1. The second-order valence-corrected chi connectivity index (χ2v) is 8.71. The average molecular weight is 462 g/mol. The maximum atomic E-state index is 13.0. The molecule has 0 amide bonds. The van der Waals surface area contributed by atoms with E-state index in [1.54, 1.807) is 24.8 Å². The first kappa shape index (κ1) is 22.1. The van der Waals surface area contributed by atoms with Gasteiger partial charge in [0.1, 0.15) is 11.5 Å². The molecule has 0 fully saturated rings. The van der Waals surface area contributed by atoms with Gasteiger partial charge in [-0.05, 0) is 41.8 Å². The Morgan fingerprint density at radius 1 is 1.06 bits per heavy atom. The molecule has 0 unspecified atom stereocenters. The van der Waals surface area contributed by atoms with Crippen molar-refractivity contribution in [1.82, 2.24) is 4.57 Å². The largest absolute Gasteiger partial charge is 0.493 e. The molecule has 34 heavy (non-hydrogen) atoms. The molecule has 176 valence electrons. The van der Waals surface area contributed by atoms with Crippen LogP contribution in [0.3, 0.4) is 0 Å². The van der Waals surface area contributed by atoms with Gasteiger partial charge in [-0.2, -0.15) is 0 Å². The summed E-state index contributed by atoms with van der Waals surface area (Å²) in [7, 11) is 3.31. The van der Waals surface area contributed by atoms with Gasteiger partial charge in [0.05, 0.1) is 32.3 Å². The molecule has 2 aromatic carbocycles. The van der Waals surface area contributed by atoms with Crippen molar-refractivity contribution in [2.24, 2.45) is 7.05 Å². The van der Waals surface area contributed by atoms with Gasteiger partial charge in [0, 0.05) is 37.6 Å². The number of rotatable bonds is 6. The standard InChI is InChI=1S/C27H27NO6/c1-16-12-24-26(27(30)28(16)2)20(15-25(29)34-24)18-5-7-22(31-3)23(14-18)33-10-8-17-4-6-21-19(13-17)9-11-32-21/h4-7,12-14,20H,8-11,15H2,1-3H3/t20-/m1/s1. The zero-order valence-corrected chi connectivity index (χ0v) is 19.6. The zero-order valence-electron chi connectivity index (χ0n) is 19.6. The number of ether oxygens (including phenoxy) is 4. The number of carbonyl (C=O) groups is 1. The number of benzene rings is 2. The number of esters is 1. The molecule has 7 heteroatoms. The van der Waals surface area contributed by atoms with Crippen molar-refractivity contribution < 1.29 is 23.7 Å². The Kier molecular flexibility index (Phi) is 5.77. The summed E-state index contributed by atoms with van der Waals surface area (Å²) in [5, 5.41) is 0. The molecule has 7 nitrogen and oxygen atoms in total. The first-order valence-corrected chi connectivity index (χ1v) is 11.4. The Bertz CT molecular complexity index is 1330. The van der Waals surface area contributed by atoms with Crippen LogP contribution in [0.2, 0.25) is 0 Å². The minimum atomic E-state index is -0.416. The molecule has 0 saturated carbocycles. The lowest BCUT2D eigenvalue weighted by Crippen LogP contribution is -2.32. The van der Waals surface area contributed by atoms with Crippen LogP contribution in [0.1, 0.15) is 40.3 Å². The number of methoxy groups -OCH3 is 1. The van der Waals surface area contributed by atoms with E-state index >= 15 is 0 Å². The summed E-state index contributed by atoms with van der Waals surface area (Å²) in [6.45, 7) is 3.01. The quantitative estimate of drug-likeness (QED) is 0.521. The van der Waals surface area contributed by atoms with Crippen LogP contribution in [0.4, 0.5) is 0 Å². The van der Waals surface area contributed by atoms with Crippen LogP contribution in [0.25, 0.3) is 0 Å². The van der Waals surface area contributed by atoms with Crippen molar-refractivity contribution in [1.29, 1.82) is 0 Å². The molecule has 1 aromatic heterocycles. The van der Waals surface area contributed by atoms with Crippen LogP contribution in [-0.2, 0) is 24.7 Å². The highest BCUT2D eigenvalue weighted by Gasteiger charge is 2.32. The lowest BCUT2D eigenvalue weighted by Gasteiger charge is -2.26. The van der Waals surface area contributed by atoms with E-state index in [2.05, 4.69) is 12.1 Å². The molecule has 1 atom stereocenters. The molecule has 0 N–H and O–H groups in total. The Morgan fingerprint density at radius 2 is 1.91 bits per heavy atom. The lowest BCUT2D eigenvalue weighted by atomic mass is 9.86. The van der Waals surface area contributed by atoms with Crippen LogP contribution in [0.15, 0.2) is 47.3 Å². The molecule has 3 heterocycles. The van der Waals surface area contributed by atoms with E-state index in [4.69, 9.17) is 18.9 Å². The SMILES string of the molecule is COc1ccc([C@H]2CC(=O)Oc3cc(C)n(C)c(=O)c32)cc1OCCc1ccc2c(c1)CCO2. The third-order valence-corrected chi connectivity index (χ3v) is 6.60. The Balaban J connectivity index is 1.41. The summed E-state index contributed by atoms with van der Waals surface area (Å²) < 4.78 is 24.2. The summed E-state index contributed by atoms with van der Waals surface area (Å²) in [5.41, 5.74) is 4.29. The lowest BCUT2D eigenvalue weighted by molar-refractivity contribution is -0.135. The molecule has 0 aliphatic carbocycles. The van der Waals surface area contributed by atoms with E-state index in [9.17, 15) is 9.59 Å². The van der Waals surface area contributed by atoms with Crippen molar-refractivity contribution in [3.8, 4) is 23.0 Å². The molecular weight excluding hydrogens is 434 g/mol. The first-order valence-electron chi connectivity index (χ1n) is 11.4. The molecule has 0 saturated heterocycles. The number of nitrogens with zero attached hydrogens (tertiary/aromatic N) is 1. The fraction of sp³-hybridized carbons (Fsp3) is 0.333.